The lowest BCUT2D eigenvalue weighted by Crippen LogP contribution is -2.27. The highest BCUT2D eigenvalue weighted by molar-refractivity contribution is 9.10. The van der Waals surface area contributed by atoms with Crippen molar-refractivity contribution in [3.05, 3.63) is 16.9 Å². The monoisotopic (exact) mass is 256 g/mol. The largest absolute Gasteiger partial charge is 0.415 e. The molecule has 0 fully saturated rings. The first-order chi connectivity index (χ1) is 6.72. The Bertz CT molecular complexity index is 359. The first kappa shape index (κ1) is 10.4. The van der Waals surface area contributed by atoms with Gasteiger partial charge in [-0.2, -0.15) is 5.26 Å². The fraction of sp³-hybridized carbons (Fsp3) is 0.143. The Morgan fingerprint density at radius 2 is 2.29 bits per heavy atom. The molecular formula is C7H5BrN4O2. The summed E-state index contributed by atoms with van der Waals surface area (Å²) in [7, 11) is 0. The number of carbonyl (C=O) groups excluding carboxylic acids is 1. The van der Waals surface area contributed by atoms with Crippen molar-refractivity contribution in [2.75, 3.05) is 6.54 Å². The molecule has 14 heavy (non-hydrogen) atoms. The summed E-state index contributed by atoms with van der Waals surface area (Å²) in [6, 6.07) is 1.67. The predicted octanol–water partition coefficient (Wildman–Crippen LogP) is 0.851. The summed E-state index contributed by atoms with van der Waals surface area (Å²) in [5.41, 5.74) is 0. The number of aromatic nitrogens is 2. The maximum atomic E-state index is 10.9. The van der Waals surface area contributed by atoms with E-state index in [1.54, 1.807) is 6.07 Å². The zero-order valence-electron chi connectivity index (χ0n) is 6.90. The van der Waals surface area contributed by atoms with Crippen molar-refractivity contribution >= 4 is 22.0 Å². The normalized spacial score (nSPS) is 8.86. The molecule has 1 heterocycles. The van der Waals surface area contributed by atoms with E-state index in [4.69, 9.17) is 5.26 Å². The van der Waals surface area contributed by atoms with Crippen LogP contribution in [-0.4, -0.2) is 22.6 Å². The summed E-state index contributed by atoms with van der Waals surface area (Å²) in [6.45, 7) is -0.116. The summed E-state index contributed by atoms with van der Waals surface area (Å²) >= 11 is 3.13. The van der Waals surface area contributed by atoms with Crippen LogP contribution in [0.25, 0.3) is 0 Å². The van der Waals surface area contributed by atoms with Crippen LogP contribution in [-0.2, 0) is 0 Å². The standard InChI is InChI=1S/C7H5BrN4O2/c8-5-3-11-6(12-4-5)14-7(13)10-2-1-9/h3-4H,2H2,(H,10,13). The maximum absolute atomic E-state index is 10.9. The van der Waals surface area contributed by atoms with Gasteiger partial charge in [0.15, 0.2) is 0 Å². The van der Waals surface area contributed by atoms with E-state index in [2.05, 4.69) is 36.0 Å². The molecule has 6 nitrogen and oxygen atoms in total. The van der Waals surface area contributed by atoms with E-state index in [1.807, 2.05) is 0 Å². The molecule has 1 aromatic heterocycles. The highest BCUT2D eigenvalue weighted by atomic mass is 79.9. The van der Waals surface area contributed by atoms with Crippen molar-refractivity contribution in [1.29, 1.82) is 5.26 Å². The van der Waals surface area contributed by atoms with Crippen LogP contribution in [0.2, 0.25) is 0 Å². The number of carbonyl (C=O) groups is 1. The highest BCUT2D eigenvalue weighted by Crippen LogP contribution is 2.07. The number of ether oxygens (including phenoxy) is 1. The molecular weight excluding hydrogens is 252 g/mol. The van der Waals surface area contributed by atoms with Crippen LogP contribution in [0.1, 0.15) is 0 Å². The topological polar surface area (TPSA) is 87.9 Å². The summed E-state index contributed by atoms with van der Waals surface area (Å²) in [4.78, 5) is 18.3. The van der Waals surface area contributed by atoms with Crippen molar-refractivity contribution in [3.63, 3.8) is 0 Å². The predicted molar refractivity (Wildman–Crippen MR) is 49.4 cm³/mol. The van der Waals surface area contributed by atoms with Crippen molar-refractivity contribution in [2.45, 2.75) is 0 Å². The van der Waals surface area contributed by atoms with Gasteiger partial charge in [0.1, 0.15) is 6.54 Å². The molecule has 1 amide bonds. The number of nitrogens with one attached hydrogen (secondary N) is 1. The third-order valence-corrected chi connectivity index (χ3v) is 1.50. The molecule has 0 aliphatic heterocycles. The molecule has 0 radical (unpaired) electrons. The van der Waals surface area contributed by atoms with E-state index < -0.39 is 6.09 Å². The third kappa shape index (κ3) is 3.37. The molecule has 0 saturated heterocycles. The van der Waals surface area contributed by atoms with E-state index in [9.17, 15) is 4.79 Å². The molecule has 1 rings (SSSR count). The SMILES string of the molecule is N#CCNC(=O)Oc1ncc(Br)cn1. The van der Waals surface area contributed by atoms with Crippen LogP contribution in [0, 0.1) is 11.3 Å². The average Bonchev–Trinajstić information content (AvgIpc) is 2.18. The van der Waals surface area contributed by atoms with E-state index >= 15 is 0 Å². The van der Waals surface area contributed by atoms with Gasteiger partial charge in [-0.1, -0.05) is 0 Å². The summed E-state index contributed by atoms with van der Waals surface area (Å²) < 4.78 is 5.31. The first-order valence-corrected chi connectivity index (χ1v) is 4.32. The first-order valence-electron chi connectivity index (χ1n) is 3.52. The average molecular weight is 257 g/mol. The molecule has 1 N–H and O–H groups in total. The number of nitriles is 1. The Balaban J connectivity index is 2.49. The van der Waals surface area contributed by atoms with Gasteiger partial charge in [0.05, 0.1) is 10.5 Å². The second-order valence-corrected chi connectivity index (χ2v) is 3.00. The Morgan fingerprint density at radius 1 is 1.64 bits per heavy atom. The summed E-state index contributed by atoms with van der Waals surface area (Å²) in [5.74, 6) is 0. The molecule has 0 saturated carbocycles. The zero-order chi connectivity index (χ0) is 10.4. The fourth-order valence-electron chi connectivity index (χ4n) is 0.584. The van der Waals surface area contributed by atoms with Crippen LogP contribution in [0.5, 0.6) is 6.01 Å². The van der Waals surface area contributed by atoms with Crippen LogP contribution in [0.3, 0.4) is 0 Å². The van der Waals surface area contributed by atoms with E-state index in [0.29, 0.717) is 4.47 Å². The van der Waals surface area contributed by atoms with E-state index in [-0.39, 0.29) is 12.6 Å². The second-order valence-electron chi connectivity index (χ2n) is 2.09. The molecule has 1 aromatic rings. The van der Waals surface area contributed by atoms with E-state index in [0.717, 1.165) is 0 Å². The Hall–Kier alpha value is -1.68. The molecule has 0 aliphatic rings. The van der Waals surface area contributed by atoms with Gasteiger partial charge in [-0.3, -0.25) is 0 Å². The van der Waals surface area contributed by atoms with Crippen molar-refractivity contribution in [2.24, 2.45) is 0 Å². The maximum Gasteiger partial charge on any atom is 0.415 e. The van der Waals surface area contributed by atoms with Gasteiger partial charge >= 0.3 is 12.1 Å². The Kier molecular flexibility index (Phi) is 3.82. The van der Waals surface area contributed by atoms with Crippen LogP contribution in [0.15, 0.2) is 16.9 Å². The molecule has 0 aliphatic carbocycles. The quantitative estimate of drug-likeness (QED) is 0.793. The summed E-state index contributed by atoms with van der Waals surface area (Å²) in [5, 5.41) is 10.3. The minimum Gasteiger partial charge on any atom is -0.374 e. The van der Waals surface area contributed by atoms with Crippen LogP contribution < -0.4 is 10.1 Å². The minimum atomic E-state index is -0.756. The number of hydrogen-bond acceptors (Lipinski definition) is 5. The van der Waals surface area contributed by atoms with Crippen LogP contribution in [0.4, 0.5) is 4.79 Å². The minimum absolute atomic E-state index is 0.0661. The van der Waals surface area contributed by atoms with Gasteiger partial charge in [0.25, 0.3) is 0 Å². The fourth-order valence-corrected chi connectivity index (χ4v) is 0.789. The van der Waals surface area contributed by atoms with Gasteiger partial charge in [0.2, 0.25) is 0 Å². The number of halogens is 1. The van der Waals surface area contributed by atoms with Gasteiger partial charge < -0.3 is 10.1 Å². The molecule has 72 valence electrons. The molecule has 7 heteroatoms. The van der Waals surface area contributed by atoms with Crippen LogP contribution >= 0.6 is 15.9 Å². The number of rotatable bonds is 2. The lowest BCUT2D eigenvalue weighted by Gasteiger charge is -2.00. The molecule has 0 unspecified atom stereocenters. The summed E-state index contributed by atoms with van der Waals surface area (Å²) in [6.07, 6.45) is 2.13. The lowest BCUT2D eigenvalue weighted by molar-refractivity contribution is 0.197. The number of amides is 1. The smallest absolute Gasteiger partial charge is 0.374 e. The zero-order valence-corrected chi connectivity index (χ0v) is 8.48. The Labute approximate surface area is 88.1 Å². The van der Waals surface area contributed by atoms with Gasteiger partial charge in [0, 0.05) is 12.4 Å². The number of hydrogen-bond donors (Lipinski definition) is 1. The lowest BCUT2D eigenvalue weighted by atomic mass is 10.7. The molecule has 0 bridgehead atoms. The van der Waals surface area contributed by atoms with Crippen molar-refractivity contribution < 1.29 is 9.53 Å². The van der Waals surface area contributed by atoms with Crippen molar-refractivity contribution in [1.82, 2.24) is 15.3 Å². The van der Waals surface area contributed by atoms with Gasteiger partial charge in [-0.15, -0.1) is 0 Å². The number of nitrogens with zero attached hydrogens (tertiary/aromatic N) is 3. The third-order valence-electron chi connectivity index (χ3n) is 1.09. The molecule has 0 aromatic carbocycles. The molecule has 0 atom stereocenters. The van der Waals surface area contributed by atoms with Gasteiger partial charge in [-0.25, -0.2) is 14.8 Å². The second kappa shape index (κ2) is 5.14. The van der Waals surface area contributed by atoms with E-state index in [1.165, 1.54) is 12.4 Å². The van der Waals surface area contributed by atoms with Crippen molar-refractivity contribution in [3.8, 4) is 12.1 Å². The molecule has 0 spiro atoms. The Morgan fingerprint density at radius 3 is 2.86 bits per heavy atom. The highest BCUT2D eigenvalue weighted by Gasteiger charge is 2.04. The van der Waals surface area contributed by atoms with Gasteiger partial charge in [-0.05, 0) is 15.9 Å².